The van der Waals surface area contributed by atoms with Gasteiger partial charge in [0.2, 0.25) is 11.2 Å². The normalized spacial score (nSPS) is 11.5. The predicted octanol–water partition coefficient (Wildman–Crippen LogP) is 3.52. The smallest absolute Gasteiger partial charge is 0.261 e. The van der Waals surface area contributed by atoms with E-state index in [2.05, 4.69) is 4.72 Å². The molecule has 0 fully saturated rings. The van der Waals surface area contributed by atoms with Gasteiger partial charge in [0.05, 0.1) is 10.3 Å². The average Bonchev–Trinajstić information content (AvgIpc) is 2.73. The minimum Gasteiger partial charge on any atom is -0.504 e. The van der Waals surface area contributed by atoms with Crippen LogP contribution in [0, 0.1) is 5.82 Å². The molecular weight excluding hydrogens is 429 g/mol. The number of aromatic hydroxyl groups is 3. The summed E-state index contributed by atoms with van der Waals surface area (Å²) in [4.78, 5) is 12.5. The summed E-state index contributed by atoms with van der Waals surface area (Å²) in [6, 6.07) is 11.7. The number of phenols is 2. The largest absolute Gasteiger partial charge is 0.504 e. The average molecular weight is 443 g/mol. The van der Waals surface area contributed by atoms with Gasteiger partial charge in [-0.2, -0.15) is 0 Å². The highest BCUT2D eigenvalue weighted by atomic mass is 32.2. The fraction of sp³-hybridized carbons (Fsp3) is 0. The number of halogens is 1. The SMILES string of the molecule is O=c1c(O)c(-c2ccc(O)c(O)c2)oc2ccc(NS(=O)(=O)c3ccc(F)cc3)cc12. The van der Waals surface area contributed by atoms with Gasteiger partial charge >= 0.3 is 0 Å². The molecule has 10 heteroatoms. The van der Waals surface area contributed by atoms with Gasteiger partial charge in [0, 0.05) is 11.3 Å². The van der Waals surface area contributed by atoms with Gasteiger partial charge in [0.15, 0.2) is 17.3 Å². The molecule has 0 bridgehead atoms. The van der Waals surface area contributed by atoms with E-state index in [1.807, 2.05) is 0 Å². The molecule has 158 valence electrons. The summed E-state index contributed by atoms with van der Waals surface area (Å²) in [5.41, 5.74) is -0.604. The number of nitrogens with one attached hydrogen (secondary N) is 1. The van der Waals surface area contributed by atoms with Crippen LogP contribution in [0.2, 0.25) is 0 Å². The molecule has 0 saturated carbocycles. The lowest BCUT2D eigenvalue weighted by molar-refractivity contribution is 0.403. The van der Waals surface area contributed by atoms with Crippen molar-refractivity contribution in [2.75, 3.05) is 4.72 Å². The van der Waals surface area contributed by atoms with Crippen LogP contribution in [0.15, 0.2) is 74.8 Å². The Balaban J connectivity index is 1.76. The third kappa shape index (κ3) is 3.76. The molecular formula is C21H14FNO7S. The summed E-state index contributed by atoms with van der Waals surface area (Å²) in [6.07, 6.45) is 0. The Hall–Kier alpha value is -4.05. The van der Waals surface area contributed by atoms with E-state index < -0.39 is 32.8 Å². The fourth-order valence-corrected chi connectivity index (χ4v) is 3.99. The summed E-state index contributed by atoms with van der Waals surface area (Å²) < 4.78 is 45.8. The van der Waals surface area contributed by atoms with E-state index in [-0.39, 0.29) is 38.6 Å². The van der Waals surface area contributed by atoms with Crippen molar-refractivity contribution >= 4 is 26.7 Å². The van der Waals surface area contributed by atoms with Crippen molar-refractivity contribution in [2.45, 2.75) is 4.90 Å². The summed E-state index contributed by atoms with van der Waals surface area (Å²) in [6.45, 7) is 0. The van der Waals surface area contributed by atoms with E-state index in [1.165, 1.54) is 30.3 Å². The molecule has 31 heavy (non-hydrogen) atoms. The van der Waals surface area contributed by atoms with Gasteiger partial charge < -0.3 is 19.7 Å². The van der Waals surface area contributed by atoms with Gasteiger partial charge in [-0.05, 0) is 60.7 Å². The Labute approximate surface area is 174 Å². The zero-order valence-corrected chi connectivity index (χ0v) is 16.4. The maximum atomic E-state index is 13.0. The second-order valence-electron chi connectivity index (χ2n) is 6.58. The molecule has 4 rings (SSSR count). The zero-order chi connectivity index (χ0) is 22.3. The maximum absolute atomic E-state index is 13.0. The maximum Gasteiger partial charge on any atom is 0.261 e. The number of hydrogen-bond donors (Lipinski definition) is 4. The number of sulfonamides is 1. The van der Waals surface area contributed by atoms with E-state index in [0.717, 1.165) is 30.3 Å². The van der Waals surface area contributed by atoms with Crippen molar-refractivity contribution in [1.82, 2.24) is 0 Å². The molecule has 0 saturated heterocycles. The molecule has 4 aromatic rings. The standard InChI is InChI=1S/C21H14FNO7S/c22-12-2-5-14(6-3-12)31(28,29)23-13-4-8-18-15(10-13)19(26)20(27)21(30-18)11-1-7-16(24)17(25)9-11/h1-10,23-25,27H. The third-order valence-corrected chi connectivity index (χ3v) is 5.88. The number of anilines is 1. The number of benzene rings is 3. The van der Waals surface area contributed by atoms with Crippen molar-refractivity contribution in [1.29, 1.82) is 0 Å². The molecule has 0 unspecified atom stereocenters. The van der Waals surface area contributed by atoms with Crippen LogP contribution in [0.3, 0.4) is 0 Å². The van der Waals surface area contributed by atoms with Crippen molar-refractivity contribution < 1.29 is 32.5 Å². The highest BCUT2D eigenvalue weighted by molar-refractivity contribution is 7.92. The van der Waals surface area contributed by atoms with Gasteiger partial charge in [-0.3, -0.25) is 9.52 Å². The number of fused-ring (bicyclic) bond motifs is 1. The van der Waals surface area contributed by atoms with Crippen LogP contribution in [0.25, 0.3) is 22.3 Å². The van der Waals surface area contributed by atoms with Crippen LogP contribution < -0.4 is 10.2 Å². The van der Waals surface area contributed by atoms with Gasteiger partial charge in [0.1, 0.15) is 11.4 Å². The lowest BCUT2D eigenvalue weighted by Crippen LogP contribution is -2.13. The van der Waals surface area contributed by atoms with Crippen molar-refractivity contribution in [3.8, 4) is 28.6 Å². The quantitative estimate of drug-likeness (QED) is 0.354. The van der Waals surface area contributed by atoms with Crippen LogP contribution in [-0.4, -0.2) is 23.7 Å². The van der Waals surface area contributed by atoms with Gasteiger partial charge in [-0.15, -0.1) is 0 Å². The minimum atomic E-state index is -4.04. The Bertz CT molecular complexity index is 1480. The first-order chi connectivity index (χ1) is 14.7. The Morgan fingerprint density at radius 2 is 1.58 bits per heavy atom. The first-order valence-corrected chi connectivity index (χ1v) is 10.2. The van der Waals surface area contributed by atoms with E-state index in [1.54, 1.807) is 0 Å². The van der Waals surface area contributed by atoms with Crippen LogP contribution >= 0.6 is 0 Å². The van der Waals surface area contributed by atoms with E-state index in [0.29, 0.717) is 0 Å². The van der Waals surface area contributed by atoms with Crippen LogP contribution in [0.4, 0.5) is 10.1 Å². The highest BCUT2D eigenvalue weighted by Crippen LogP contribution is 2.35. The monoisotopic (exact) mass is 443 g/mol. The lowest BCUT2D eigenvalue weighted by atomic mass is 10.1. The van der Waals surface area contributed by atoms with Gasteiger partial charge in [0.25, 0.3) is 10.0 Å². The van der Waals surface area contributed by atoms with Crippen molar-refractivity contribution in [3.63, 3.8) is 0 Å². The predicted molar refractivity (Wildman–Crippen MR) is 110 cm³/mol. The van der Waals surface area contributed by atoms with Crippen LogP contribution in [0.5, 0.6) is 17.2 Å². The van der Waals surface area contributed by atoms with Crippen molar-refractivity contribution in [3.05, 3.63) is 76.7 Å². The number of rotatable bonds is 4. The summed E-state index contributed by atoms with van der Waals surface area (Å²) in [5, 5.41) is 29.3. The van der Waals surface area contributed by atoms with Crippen molar-refractivity contribution in [2.24, 2.45) is 0 Å². The molecule has 0 atom stereocenters. The van der Waals surface area contributed by atoms with Crippen LogP contribution in [0.1, 0.15) is 0 Å². The molecule has 0 aliphatic carbocycles. The molecule has 4 N–H and O–H groups in total. The van der Waals surface area contributed by atoms with E-state index in [4.69, 9.17) is 4.42 Å². The zero-order valence-electron chi connectivity index (χ0n) is 15.5. The summed E-state index contributed by atoms with van der Waals surface area (Å²) >= 11 is 0. The molecule has 0 radical (unpaired) electrons. The van der Waals surface area contributed by atoms with Gasteiger partial charge in [-0.25, -0.2) is 12.8 Å². The molecule has 0 aliphatic rings. The molecule has 3 aromatic carbocycles. The fourth-order valence-electron chi connectivity index (χ4n) is 2.94. The minimum absolute atomic E-state index is 0.0264. The molecule has 0 amide bonds. The summed E-state index contributed by atoms with van der Waals surface area (Å²) in [5.74, 6) is -2.42. The van der Waals surface area contributed by atoms with E-state index >= 15 is 0 Å². The lowest BCUT2D eigenvalue weighted by Gasteiger charge is -2.10. The first-order valence-electron chi connectivity index (χ1n) is 8.76. The molecule has 8 nitrogen and oxygen atoms in total. The Morgan fingerprint density at radius 1 is 0.871 bits per heavy atom. The molecule has 0 aliphatic heterocycles. The summed E-state index contributed by atoms with van der Waals surface area (Å²) in [7, 11) is -4.04. The van der Waals surface area contributed by atoms with Gasteiger partial charge in [-0.1, -0.05) is 0 Å². The second-order valence-corrected chi connectivity index (χ2v) is 8.27. The van der Waals surface area contributed by atoms with Crippen LogP contribution in [-0.2, 0) is 10.0 Å². The molecule has 1 aromatic heterocycles. The molecule has 1 heterocycles. The Kier molecular flexibility index (Phi) is 4.78. The number of phenolic OH excluding ortho intramolecular Hbond substituents is 2. The van der Waals surface area contributed by atoms with E-state index in [9.17, 15) is 32.9 Å². The molecule has 0 spiro atoms. The highest BCUT2D eigenvalue weighted by Gasteiger charge is 2.19. The topological polar surface area (TPSA) is 137 Å². The third-order valence-electron chi connectivity index (χ3n) is 4.48. The Morgan fingerprint density at radius 3 is 2.26 bits per heavy atom. The first kappa shape index (κ1) is 20.2. The second kappa shape index (κ2) is 7.33. The number of hydrogen-bond acceptors (Lipinski definition) is 7.